The lowest BCUT2D eigenvalue weighted by Crippen LogP contribution is -2.13. The lowest BCUT2D eigenvalue weighted by molar-refractivity contribution is 0.102. The minimum absolute atomic E-state index is 0.0773. The van der Waals surface area contributed by atoms with Gasteiger partial charge in [-0.3, -0.25) is 4.79 Å². The summed E-state index contributed by atoms with van der Waals surface area (Å²) in [6.45, 7) is 3.44. The van der Waals surface area contributed by atoms with E-state index in [1.54, 1.807) is 18.9 Å². The highest BCUT2D eigenvalue weighted by molar-refractivity contribution is 7.98. The van der Waals surface area contributed by atoms with Crippen molar-refractivity contribution in [2.24, 2.45) is 0 Å². The highest BCUT2D eigenvalue weighted by Gasteiger charge is 2.11. The summed E-state index contributed by atoms with van der Waals surface area (Å²) in [7, 11) is 1.70. The summed E-state index contributed by atoms with van der Waals surface area (Å²) in [5.74, 6) is -0.0773. The molecule has 130 valence electrons. The van der Waals surface area contributed by atoms with Crippen molar-refractivity contribution in [3.05, 3.63) is 59.8 Å². The first-order valence-electron chi connectivity index (χ1n) is 8.16. The van der Waals surface area contributed by atoms with Crippen molar-refractivity contribution in [1.82, 2.24) is 4.57 Å². The van der Waals surface area contributed by atoms with Gasteiger partial charge < -0.3 is 14.6 Å². The molecule has 2 aromatic carbocycles. The number of nitrogens with zero attached hydrogens (tertiary/aromatic N) is 1. The van der Waals surface area contributed by atoms with Crippen molar-refractivity contribution in [3.8, 4) is 0 Å². The fraction of sp³-hybridized carbons (Fsp3) is 0.250. The number of carbonyl (C=O) groups is 1. The van der Waals surface area contributed by atoms with Gasteiger partial charge in [-0.15, -0.1) is 11.8 Å². The molecule has 0 saturated heterocycles. The van der Waals surface area contributed by atoms with Crippen molar-refractivity contribution in [2.75, 3.05) is 25.3 Å². The maximum absolute atomic E-state index is 12.6. The Bertz CT molecular complexity index is 902. The van der Waals surface area contributed by atoms with E-state index in [0.29, 0.717) is 12.2 Å². The molecule has 3 rings (SSSR count). The molecule has 1 amide bonds. The number of thioether (sulfide) groups is 1. The second-order valence-corrected chi connectivity index (χ2v) is 6.79. The molecule has 0 radical (unpaired) electrons. The number of hydrogen-bond acceptors (Lipinski definition) is 3. The molecule has 5 heteroatoms. The molecule has 1 aromatic heterocycles. The Morgan fingerprint density at radius 2 is 2.04 bits per heavy atom. The largest absolute Gasteiger partial charge is 0.383 e. The molecule has 4 nitrogen and oxygen atoms in total. The number of aromatic nitrogens is 1. The van der Waals surface area contributed by atoms with E-state index >= 15 is 0 Å². The fourth-order valence-corrected chi connectivity index (χ4v) is 3.27. The molecule has 0 aliphatic carbocycles. The number of aryl methyl sites for hydroxylation is 1. The van der Waals surface area contributed by atoms with Crippen molar-refractivity contribution in [3.63, 3.8) is 0 Å². The van der Waals surface area contributed by atoms with E-state index in [-0.39, 0.29) is 5.91 Å². The van der Waals surface area contributed by atoms with Crippen molar-refractivity contribution in [1.29, 1.82) is 0 Å². The topological polar surface area (TPSA) is 43.3 Å². The van der Waals surface area contributed by atoms with Crippen LogP contribution in [0, 0.1) is 6.92 Å². The van der Waals surface area contributed by atoms with Crippen LogP contribution in [0.1, 0.15) is 15.9 Å². The van der Waals surface area contributed by atoms with Crippen LogP contribution >= 0.6 is 11.8 Å². The number of ether oxygens (including phenoxy) is 1. The van der Waals surface area contributed by atoms with Gasteiger partial charge >= 0.3 is 0 Å². The number of methoxy groups -OCH3 is 1. The summed E-state index contributed by atoms with van der Waals surface area (Å²) in [6, 6.07) is 14.0. The van der Waals surface area contributed by atoms with Gasteiger partial charge in [0.2, 0.25) is 0 Å². The predicted molar refractivity (Wildman–Crippen MR) is 105 cm³/mol. The Morgan fingerprint density at radius 1 is 1.20 bits per heavy atom. The van der Waals surface area contributed by atoms with E-state index in [1.807, 2.05) is 55.8 Å². The third-order valence-corrected chi connectivity index (χ3v) is 4.98. The van der Waals surface area contributed by atoms with Crippen LogP contribution < -0.4 is 5.32 Å². The molecule has 0 bridgehead atoms. The van der Waals surface area contributed by atoms with Crippen LogP contribution in [0.5, 0.6) is 0 Å². The predicted octanol–water partition coefficient (Wildman–Crippen LogP) is 4.57. The number of rotatable bonds is 6. The average Bonchev–Trinajstić information content (AvgIpc) is 3.02. The van der Waals surface area contributed by atoms with Gasteiger partial charge in [-0.25, -0.2) is 0 Å². The quantitative estimate of drug-likeness (QED) is 0.660. The Balaban J connectivity index is 1.82. The Hall–Kier alpha value is -2.24. The number of amides is 1. The number of anilines is 1. The van der Waals surface area contributed by atoms with Crippen LogP contribution in [0.4, 0.5) is 5.69 Å². The van der Waals surface area contributed by atoms with Crippen molar-refractivity contribution >= 4 is 34.3 Å². The van der Waals surface area contributed by atoms with Gasteiger partial charge in [0.15, 0.2) is 0 Å². The highest BCUT2D eigenvalue weighted by Crippen LogP contribution is 2.23. The van der Waals surface area contributed by atoms with Crippen LogP contribution in [0.15, 0.2) is 53.6 Å². The van der Waals surface area contributed by atoms with Crippen LogP contribution in [0.2, 0.25) is 0 Å². The zero-order valence-electron chi connectivity index (χ0n) is 14.7. The summed E-state index contributed by atoms with van der Waals surface area (Å²) in [4.78, 5) is 13.7. The van der Waals surface area contributed by atoms with E-state index in [4.69, 9.17) is 4.74 Å². The van der Waals surface area contributed by atoms with Crippen LogP contribution in [0.3, 0.4) is 0 Å². The maximum Gasteiger partial charge on any atom is 0.255 e. The minimum atomic E-state index is -0.0773. The fourth-order valence-electron chi connectivity index (χ4n) is 2.83. The van der Waals surface area contributed by atoms with E-state index in [0.717, 1.165) is 33.6 Å². The van der Waals surface area contributed by atoms with E-state index < -0.39 is 0 Å². The molecule has 3 aromatic rings. The molecule has 1 N–H and O–H groups in total. The maximum atomic E-state index is 12.6. The van der Waals surface area contributed by atoms with Crippen molar-refractivity contribution in [2.45, 2.75) is 18.4 Å². The van der Waals surface area contributed by atoms with E-state index in [9.17, 15) is 4.79 Å². The highest BCUT2D eigenvalue weighted by atomic mass is 32.2. The first-order valence-corrected chi connectivity index (χ1v) is 9.38. The number of fused-ring (bicyclic) bond motifs is 1. The summed E-state index contributed by atoms with van der Waals surface area (Å²) in [6.07, 6.45) is 4.05. The van der Waals surface area contributed by atoms with Gasteiger partial charge in [-0.05, 0) is 55.1 Å². The third kappa shape index (κ3) is 3.89. The second-order valence-electron chi connectivity index (χ2n) is 5.91. The summed E-state index contributed by atoms with van der Waals surface area (Å²) >= 11 is 1.63. The number of nitrogens with one attached hydrogen (secondary N) is 1. The standard InChI is InChI=1S/C20H22N2O2S/c1-14-4-6-17(25-3)13-18(14)20(23)21-16-5-7-19-15(12-16)8-9-22(19)10-11-24-2/h4-9,12-13H,10-11H2,1-3H3,(H,21,23). The van der Waals surface area contributed by atoms with Gasteiger partial charge in [0.05, 0.1) is 6.61 Å². The number of hydrogen-bond donors (Lipinski definition) is 1. The zero-order chi connectivity index (χ0) is 17.8. The van der Waals surface area contributed by atoms with Crippen LogP contribution in [0.25, 0.3) is 10.9 Å². The van der Waals surface area contributed by atoms with Gasteiger partial charge in [0.1, 0.15) is 0 Å². The molecule has 0 aliphatic heterocycles. The summed E-state index contributed by atoms with van der Waals surface area (Å²) in [5.41, 5.74) is 3.62. The lowest BCUT2D eigenvalue weighted by Gasteiger charge is -2.10. The second kappa shape index (κ2) is 7.76. The Labute approximate surface area is 152 Å². The summed E-state index contributed by atoms with van der Waals surface area (Å²) in [5, 5.41) is 4.11. The Kier molecular flexibility index (Phi) is 5.46. The van der Waals surface area contributed by atoms with Crippen molar-refractivity contribution < 1.29 is 9.53 Å². The molecule has 1 heterocycles. The first kappa shape index (κ1) is 17.6. The lowest BCUT2D eigenvalue weighted by atomic mass is 10.1. The summed E-state index contributed by atoms with van der Waals surface area (Å²) < 4.78 is 7.29. The Morgan fingerprint density at radius 3 is 2.80 bits per heavy atom. The molecule has 0 spiro atoms. The molecular formula is C20H22N2O2S. The molecule has 0 fully saturated rings. The SMILES string of the molecule is COCCn1ccc2cc(NC(=O)c3cc(SC)ccc3C)ccc21. The smallest absolute Gasteiger partial charge is 0.255 e. The molecule has 0 aliphatic rings. The molecule has 0 saturated carbocycles. The average molecular weight is 354 g/mol. The number of carbonyl (C=O) groups excluding carboxylic acids is 1. The van der Waals surface area contributed by atoms with Gasteiger partial charge in [0.25, 0.3) is 5.91 Å². The van der Waals surface area contributed by atoms with E-state index in [2.05, 4.69) is 16.0 Å². The third-order valence-electron chi connectivity index (χ3n) is 4.25. The van der Waals surface area contributed by atoms with Gasteiger partial charge in [-0.2, -0.15) is 0 Å². The number of benzene rings is 2. The zero-order valence-corrected chi connectivity index (χ0v) is 15.5. The molecule has 0 unspecified atom stereocenters. The molecule has 0 atom stereocenters. The van der Waals surface area contributed by atoms with Crippen LogP contribution in [-0.4, -0.2) is 30.4 Å². The van der Waals surface area contributed by atoms with Gasteiger partial charge in [0, 0.05) is 46.9 Å². The molecular weight excluding hydrogens is 332 g/mol. The van der Waals surface area contributed by atoms with Gasteiger partial charge in [-0.1, -0.05) is 6.07 Å². The molecule has 25 heavy (non-hydrogen) atoms. The van der Waals surface area contributed by atoms with Crippen LogP contribution in [-0.2, 0) is 11.3 Å². The monoisotopic (exact) mass is 354 g/mol. The normalized spacial score (nSPS) is 11.0. The van der Waals surface area contributed by atoms with E-state index in [1.165, 1.54) is 0 Å². The first-order chi connectivity index (χ1) is 12.1. The minimum Gasteiger partial charge on any atom is -0.383 e.